The minimum atomic E-state index is -1.05. The average Bonchev–Trinajstić information content (AvgIpc) is 3.49. The first-order chi connectivity index (χ1) is 27.4. The highest BCUT2D eigenvalue weighted by molar-refractivity contribution is 5.98. The molecule has 22 heteroatoms. The van der Waals surface area contributed by atoms with E-state index in [2.05, 4.69) is 46.2 Å². The largest absolute Gasteiger partial charge is 0.480 e. The molecule has 0 fully saturated rings. The molecule has 2 unspecified atom stereocenters. The summed E-state index contributed by atoms with van der Waals surface area (Å²) in [6.07, 6.45) is 2.17. The van der Waals surface area contributed by atoms with Gasteiger partial charge in [0.15, 0.2) is 17.0 Å². The number of nitrogens with zero attached hydrogens (tertiary/aromatic N) is 7. The predicted molar refractivity (Wildman–Crippen MR) is 208 cm³/mol. The minimum absolute atomic E-state index is 0.0691. The van der Waals surface area contributed by atoms with Gasteiger partial charge in [0, 0.05) is 23.7 Å². The van der Waals surface area contributed by atoms with E-state index in [1.54, 1.807) is 38.1 Å². The number of benzene rings is 1. The summed E-state index contributed by atoms with van der Waals surface area (Å²) in [7, 11) is 0. The number of carbonyl (C=O) groups excluding carboxylic acids is 4. The highest BCUT2D eigenvalue weighted by Gasteiger charge is 2.29. The number of nitrogens with two attached hydrogens (primary N) is 2. The topological polar surface area (TPSA) is 318 Å². The highest BCUT2D eigenvalue weighted by atomic mass is 16.5. The number of hydrogen-bond acceptors (Lipinski definition) is 14. The van der Waals surface area contributed by atoms with Crippen LogP contribution in [-0.4, -0.2) is 120 Å². The van der Waals surface area contributed by atoms with Crippen LogP contribution in [0, 0.1) is 5.92 Å². The molecule has 312 valence electrons. The molecule has 0 bridgehead atoms. The number of urea groups is 1. The Hall–Kier alpha value is -5.96. The average molecular weight is 800 g/mol. The minimum Gasteiger partial charge on any atom is -0.480 e. The summed E-state index contributed by atoms with van der Waals surface area (Å²) in [4.78, 5) is 66.1. The Kier molecular flexibility index (Phi) is 19.6. The molecule has 0 saturated heterocycles. The van der Waals surface area contributed by atoms with Gasteiger partial charge in [0.1, 0.15) is 18.7 Å². The van der Waals surface area contributed by atoms with Crippen molar-refractivity contribution in [2.24, 2.45) is 16.8 Å². The van der Waals surface area contributed by atoms with E-state index >= 15 is 0 Å². The maximum atomic E-state index is 13.5. The summed E-state index contributed by atoms with van der Waals surface area (Å²) in [5, 5.41) is 24.6. The summed E-state index contributed by atoms with van der Waals surface area (Å²) in [6.45, 7) is 7.36. The van der Waals surface area contributed by atoms with Gasteiger partial charge >= 0.3 is 12.0 Å². The second-order valence-electron chi connectivity index (χ2n) is 13.0. The van der Waals surface area contributed by atoms with Crippen LogP contribution in [0.1, 0.15) is 52.0 Å². The van der Waals surface area contributed by atoms with Gasteiger partial charge < -0.3 is 56.8 Å². The first-order valence-electron chi connectivity index (χ1n) is 18.6. The van der Waals surface area contributed by atoms with Gasteiger partial charge in [-0.2, -0.15) is 15.0 Å². The van der Waals surface area contributed by atoms with E-state index < -0.39 is 35.8 Å². The van der Waals surface area contributed by atoms with Crippen LogP contribution < -0.4 is 37.5 Å². The second kappa shape index (κ2) is 24.5. The van der Waals surface area contributed by atoms with Gasteiger partial charge in [0.25, 0.3) is 6.01 Å². The third-order valence-electron chi connectivity index (χ3n) is 8.12. The number of hydrogen-bond donors (Lipinski definition) is 7. The molecule has 0 spiro atoms. The van der Waals surface area contributed by atoms with Crippen LogP contribution in [0.3, 0.4) is 0 Å². The molecule has 0 aliphatic carbocycles. The molecule has 57 heavy (non-hydrogen) atoms. The van der Waals surface area contributed by atoms with Gasteiger partial charge in [0.2, 0.25) is 17.7 Å². The molecular weight excluding hydrogens is 746 g/mol. The number of carbonyl (C=O) groups is 4. The maximum absolute atomic E-state index is 13.5. The van der Waals surface area contributed by atoms with Gasteiger partial charge in [-0.1, -0.05) is 44.4 Å². The number of aromatic hydroxyl groups is 1. The Labute approximate surface area is 329 Å². The summed E-state index contributed by atoms with van der Waals surface area (Å²) < 4.78 is 23.0. The number of primary amides is 1. The van der Waals surface area contributed by atoms with Crippen LogP contribution in [0.25, 0.3) is 21.6 Å². The summed E-state index contributed by atoms with van der Waals surface area (Å²) in [5.41, 5.74) is 21.2. The molecule has 2 heterocycles. The lowest BCUT2D eigenvalue weighted by Gasteiger charge is -2.25. The maximum Gasteiger partial charge on any atom is 0.320 e. The van der Waals surface area contributed by atoms with Gasteiger partial charge in [0.05, 0.1) is 46.2 Å². The fourth-order valence-electron chi connectivity index (χ4n) is 5.17. The van der Waals surface area contributed by atoms with Crippen LogP contribution in [0.5, 0.6) is 12.0 Å². The zero-order valence-electron chi connectivity index (χ0n) is 32.4. The molecule has 1 aromatic carbocycles. The van der Waals surface area contributed by atoms with Crippen molar-refractivity contribution in [1.82, 2.24) is 35.5 Å². The number of ether oxygens (including phenoxy) is 4. The number of anilines is 2. The normalized spacial score (nSPS) is 12.1. The third-order valence-corrected chi connectivity index (χ3v) is 8.12. The van der Waals surface area contributed by atoms with E-state index in [9.17, 15) is 24.3 Å². The van der Waals surface area contributed by atoms with Crippen LogP contribution in [0.15, 0.2) is 29.4 Å². The van der Waals surface area contributed by atoms with Crippen molar-refractivity contribution in [1.29, 1.82) is 0 Å². The van der Waals surface area contributed by atoms with Gasteiger partial charge in [-0.05, 0) is 48.4 Å². The molecule has 3 rings (SSSR count). The van der Waals surface area contributed by atoms with Crippen molar-refractivity contribution in [3.8, 4) is 12.0 Å². The summed E-state index contributed by atoms with van der Waals surface area (Å²) in [6, 6.07) is 3.78. The molecule has 2 atom stereocenters. The van der Waals surface area contributed by atoms with Crippen molar-refractivity contribution in [2.75, 3.05) is 70.4 Å². The van der Waals surface area contributed by atoms with E-state index in [1.165, 1.54) is 4.57 Å². The Morgan fingerprint density at radius 2 is 1.65 bits per heavy atom. The fourth-order valence-corrected chi connectivity index (χ4v) is 5.17. The first kappa shape index (κ1) is 45.4. The molecule has 3 aromatic rings. The van der Waals surface area contributed by atoms with E-state index in [-0.39, 0.29) is 88.4 Å². The van der Waals surface area contributed by atoms with Crippen LogP contribution in [0.4, 0.5) is 16.3 Å². The van der Waals surface area contributed by atoms with Crippen molar-refractivity contribution in [3.63, 3.8) is 0 Å². The number of azide groups is 1. The lowest BCUT2D eigenvalue weighted by molar-refractivity contribution is -0.134. The van der Waals surface area contributed by atoms with E-state index in [0.717, 1.165) is 18.4 Å². The molecule has 0 aliphatic heterocycles. The molecule has 22 nitrogen and oxygen atoms in total. The van der Waals surface area contributed by atoms with Crippen molar-refractivity contribution >= 4 is 46.4 Å². The van der Waals surface area contributed by atoms with Crippen LogP contribution >= 0.6 is 0 Å². The van der Waals surface area contributed by atoms with Gasteiger partial charge in [-0.25, -0.2) is 4.79 Å². The van der Waals surface area contributed by atoms with Gasteiger partial charge in [-0.3, -0.25) is 19.0 Å². The lowest BCUT2D eigenvalue weighted by Crippen LogP contribution is -2.55. The van der Waals surface area contributed by atoms with Gasteiger partial charge in [-0.15, -0.1) is 0 Å². The molecule has 0 saturated carbocycles. The summed E-state index contributed by atoms with van der Waals surface area (Å²) in [5.74, 6) is -1.94. The molecule has 0 aliphatic rings. The third kappa shape index (κ3) is 16.0. The molecule has 2 aromatic heterocycles. The molecule has 5 amide bonds. The Morgan fingerprint density at radius 3 is 2.32 bits per heavy atom. The lowest BCUT2D eigenvalue weighted by atomic mass is 10.0. The van der Waals surface area contributed by atoms with Crippen molar-refractivity contribution in [3.05, 3.63) is 40.3 Å². The Balaban J connectivity index is 1.59. The number of nitrogen functional groups attached to an aromatic ring is 1. The van der Waals surface area contributed by atoms with Crippen LogP contribution in [-0.2, 0) is 35.1 Å². The standard InChI is InChI=1S/C35H53N13O9/c1-4-5-14-57-34-45-29(36)28-30(46-34)48(35(53)44-28)20-23-8-10-24(11-9-23)41-31(50)25(7-6-12-39-33(37)52)42-32(51)27(22(2)3)43-26(49)21-56-19-18-55-17-16-54-15-13-40-47-38/h8-11,22,25,27H,4-7,12-21H2,1-3H3,(H,41,50)(H,42,51)(H,43,49)(H,44,53)(H2,36,45,46)(H3,37,39,52). The first-order valence-corrected chi connectivity index (χ1v) is 18.6. The predicted octanol–water partition coefficient (Wildman–Crippen LogP) is 1.71. The zero-order chi connectivity index (χ0) is 41.6. The number of unbranched alkanes of at least 4 members (excludes halogenated alkanes) is 1. The molecule has 0 radical (unpaired) electrons. The Bertz CT molecular complexity index is 1800. The fraction of sp³-hybridized carbons (Fsp3) is 0.571. The molecule has 9 N–H and O–H groups in total. The number of amides is 5. The monoisotopic (exact) mass is 799 g/mol. The van der Waals surface area contributed by atoms with Crippen molar-refractivity contribution in [2.45, 2.75) is 65.1 Å². The number of fused-ring (bicyclic) bond motifs is 1. The number of imidazole rings is 1. The number of aromatic nitrogens is 4. The number of rotatable bonds is 27. The number of nitrogens with one attached hydrogen (secondary N) is 4. The Morgan fingerprint density at radius 1 is 0.947 bits per heavy atom. The van der Waals surface area contributed by atoms with Crippen LogP contribution in [0.2, 0.25) is 0 Å². The van der Waals surface area contributed by atoms with E-state index in [1.807, 2.05) is 6.92 Å². The zero-order valence-corrected chi connectivity index (χ0v) is 32.4. The molecular formula is C35H53N13O9. The highest BCUT2D eigenvalue weighted by Crippen LogP contribution is 2.26. The second-order valence-corrected chi connectivity index (χ2v) is 13.0. The SMILES string of the molecule is CCCCOc1nc(N)c2nc(O)n(Cc3ccc(NC(=O)C(CCCNC(N)=O)NC(=O)C(NC(=O)COCCOCCOCCN=[N+]=[N-])C(C)C)cc3)c2n1. The smallest absolute Gasteiger partial charge is 0.320 e. The van der Waals surface area contributed by atoms with E-state index in [4.69, 9.17) is 35.9 Å². The quantitative estimate of drug-likeness (QED) is 0.0250. The summed E-state index contributed by atoms with van der Waals surface area (Å²) >= 11 is 0. The van der Waals surface area contributed by atoms with Crippen molar-refractivity contribution < 1.29 is 43.2 Å². The van der Waals surface area contributed by atoms with E-state index in [0.29, 0.717) is 31.0 Å².